The van der Waals surface area contributed by atoms with E-state index < -0.39 is 11.8 Å². The van der Waals surface area contributed by atoms with Crippen LogP contribution in [0.5, 0.6) is 0 Å². The van der Waals surface area contributed by atoms with Crippen LogP contribution in [0.2, 0.25) is 0 Å². The fourth-order valence-corrected chi connectivity index (χ4v) is 4.43. The van der Waals surface area contributed by atoms with Crippen molar-refractivity contribution in [2.45, 2.75) is 26.7 Å². The van der Waals surface area contributed by atoms with Gasteiger partial charge in [-0.3, -0.25) is 14.7 Å². The number of hydrogen-bond acceptors (Lipinski definition) is 6. The van der Waals surface area contributed by atoms with Crippen molar-refractivity contribution >= 4 is 34.5 Å². The van der Waals surface area contributed by atoms with Gasteiger partial charge in [0.15, 0.2) is 0 Å². The Morgan fingerprint density at radius 1 is 1.02 bits per heavy atom. The molecule has 0 unspecified atom stereocenters. The third-order valence-corrected chi connectivity index (χ3v) is 6.59. The molecule has 10 nitrogen and oxygen atoms in total. The molecule has 0 fully saturated rings. The van der Waals surface area contributed by atoms with Crippen LogP contribution in [0.3, 0.4) is 0 Å². The van der Waals surface area contributed by atoms with E-state index in [9.17, 15) is 9.59 Å². The minimum absolute atomic E-state index is 0.0723. The monoisotopic (exact) mass is 540 g/mol. The predicted octanol–water partition coefficient (Wildman–Crippen LogP) is 5.44. The Kier molecular flexibility index (Phi) is 7.03. The summed E-state index contributed by atoms with van der Waals surface area (Å²) in [5.74, 6) is 0.324. The van der Waals surface area contributed by atoms with Crippen LogP contribution in [0.4, 0.5) is 26.6 Å². The first kappa shape index (κ1) is 26.5. The summed E-state index contributed by atoms with van der Waals surface area (Å²) >= 11 is 0. The molecule has 0 saturated carbocycles. The van der Waals surface area contributed by atoms with Crippen molar-refractivity contribution in [3.8, 4) is 16.8 Å². The number of halogens is 1. The van der Waals surface area contributed by atoms with Crippen LogP contribution in [0.15, 0.2) is 65.6 Å². The van der Waals surface area contributed by atoms with Gasteiger partial charge in [0, 0.05) is 37.3 Å². The normalized spacial score (nSPS) is 11.2. The van der Waals surface area contributed by atoms with E-state index in [0.717, 1.165) is 11.4 Å². The number of aryl methyl sites for hydroxylation is 2. The summed E-state index contributed by atoms with van der Waals surface area (Å²) in [7, 11) is 3.31. The third kappa shape index (κ3) is 5.00. The number of carbonyl (C=O) groups is 1. The van der Waals surface area contributed by atoms with Gasteiger partial charge in [-0.15, -0.1) is 0 Å². The number of hydrogen-bond donors (Lipinski definition) is 3. The maximum Gasteiger partial charge on any atom is 0.324 e. The van der Waals surface area contributed by atoms with Crippen molar-refractivity contribution in [1.29, 1.82) is 0 Å². The van der Waals surface area contributed by atoms with E-state index in [1.807, 2.05) is 44.2 Å². The molecule has 0 radical (unpaired) electrons. The molecule has 0 aliphatic heterocycles. The van der Waals surface area contributed by atoms with Gasteiger partial charge in [-0.05, 0) is 54.3 Å². The van der Waals surface area contributed by atoms with Gasteiger partial charge in [-0.25, -0.2) is 18.9 Å². The molecule has 40 heavy (non-hydrogen) atoms. The van der Waals surface area contributed by atoms with Gasteiger partial charge in [0.25, 0.3) is 5.56 Å². The molecule has 2 aromatic carbocycles. The van der Waals surface area contributed by atoms with Crippen LogP contribution < -0.4 is 21.5 Å². The van der Waals surface area contributed by atoms with E-state index in [1.165, 1.54) is 16.7 Å². The Morgan fingerprint density at radius 2 is 1.77 bits per heavy atom. The average Bonchev–Trinajstić information content (AvgIpc) is 3.36. The number of nitrogens with zero attached hydrogens (tertiary/aromatic N) is 5. The summed E-state index contributed by atoms with van der Waals surface area (Å²) in [4.78, 5) is 35.0. The van der Waals surface area contributed by atoms with E-state index in [0.29, 0.717) is 39.5 Å². The van der Waals surface area contributed by atoms with Gasteiger partial charge >= 0.3 is 6.03 Å². The average molecular weight is 541 g/mol. The zero-order valence-electron chi connectivity index (χ0n) is 22.8. The maximum atomic E-state index is 15.0. The third-order valence-electron chi connectivity index (χ3n) is 6.59. The van der Waals surface area contributed by atoms with Crippen molar-refractivity contribution in [3.05, 3.63) is 88.2 Å². The van der Waals surface area contributed by atoms with Crippen molar-refractivity contribution < 1.29 is 9.18 Å². The SMILES string of the molecule is CNc1ncc2cc(-c3cc(NC(=O)Nc4cc(C(C)C)nn4-c4ccccc4)c(F)cc3C)c(=O)n(C)c2n1. The highest BCUT2D eigenvalue weighted by atomic mass is 19.1. The number of fused-ring (bicyclic) bond motifs is 1. The van der Waals surface area contributed by atoms with Crippen LogP contribution in [0.1, 0.15) is 31.0 Å². The highest BCUT2D eigenvalue weighted by Gasteiger charge is 2.18. The first-order valence-electron chi connectivity index (χ1n) is 12.7. The van der Waals surface area contributed by atoms with Crippen LogP contribution in [0.25, 0.3) is 27.8 Å². The Bertz CT molecular complexity index is 1790. The van der Waals surface area contributed by atoms with E-state index in [1.54, 1.807) is 44.0 Å². The van der Waals surface area contributed by atoms with Crippen molar-refractivity contribution in [2.75, 3.05) is 23.0 Å². The first-order chi connectivity index (χ1) is 19.2. The first-order valence-corrected chi connectivity index (χ1v) is 12.7. The molecule has 0 spiro atoms. The highest BCUT2D eigenvalue weighted by Crippen LogP contribution is 2.29. The van der Waals surface area contributed by atoms with Gasteiger partial charge in [-0.1, -0.05) is 32.0 Å². The van der Waals surface area contributed by atoms with Crippen molar-refractivity contribution in [1.82, 2.24) is 24.3 Å². The fraction of sp³-hybridized carbons (Fsp3) is 0.207. The number of carbonyl (C=O) groups excluding carboxylic acids is 1. The molecule has 0 atom stereocenters. The highest BCUT2D eigenvalue weighted by molar-refractivity contribution is 6.00. The molecule has 11 heteroatoms. The Morgan fingerprint density at radius 3 is 2.48 bits per heavy atom. The number of rotatable bonds is 6. The lowest BCUT2D eigenvalue weighted by Crippen LogP contribution is -2.23. The van der Waals surface area contributed by atoms with Crippen molar-refractivity contribution in [2.24, 2.45) is 7.05 Å². The Hall–Kier alpha value is -5.06. The number of anilines is 3. The number of amides is 2. The van der Waals surface area contributed by atoms with E-state index in [4.69, 9.17) is 0 Å². The second kappa shape index (κ2) is 10.6. The lowest BCUT2D eigenvalue weighted by molar-refractivity contribution is 0.262. The summed E-state index contributed by atoms with van der Waals surface area (Å²) in [5.41, 5.74) is 2.99. The molecule has 3 heterocycles. The molecule has 0 aliphatic carbocycles. The van der Waals surface area contributed by atoms with Gasteiger partial charge in [0.1, 0.15) is 17.3 Å². The number of aromatic nitrogens is 5. The van der Waals surface area contributed by atoms with Gasteiger partial charge in [-0.2, -0.15) is 10.1 Å². The van der Waals surface area contributed by atoms with Gasteiger partial charge in [0.05, 0.1) is 17.1 Å². The fourth-order valence-electron chi connectivity index (χ4n) is 4.43. The summed E-state index contributed by atoms with van der Waals surface area (Å²) in [6.07, 6.45) is 1.61. The smallest absolute Gasteiger partial charge is 0.324 e. The zero-order chi connectivity index (χ0) is 28.6. The van der Waals surface area contributed by atoms with E-state index >= 15 is 4.39 Å². The summed E-state index contributed by atoms with van der Waals surface area (Å²) in [6.45, 7) is 5.72. The number of pyridine rings is 1. The van der Waals surface area contributed by atoms with Crippen LogP contribution in [-0.4, -0.2) is 37.4 Å². The predicted molar refractivity (Wildman–Crippen MR) is 155 cm³/mol. The lowest BCUT2D eigenvalue weighted by Gasteiger charge is -2.14. The minimum atomic E-state index is -0.652. The summed E-state index contributed by atoms with van der Waals surface area (Å²) in [5, 5.41) is 13.5. The van der Waals surface area contributed by atoms with Crippen LogP contribution in [0, 0.1) is 12.7 Å². The van der Waals surface area contributed by atoms with Gasteiger partial charge < -0.3 is 10.6 Å². The summed E-state index contributed by atoms with van der Waals surface area (Å²) < 4.78 is 18.1. The Balaban J connectivity index is 1.49. The second-order valence-electron chi connectivity index (χ2n) is 9.73. The molecular weight excluding hydrogens is 511 g/mol. The van der Waals surface area contributed by atoms with Crippen molar-refractivity contribution in [3.63, 3.8) is 0 Å². The molecule has 204 valence electrons. The topological polar surface area (TPSA) is 119 Å². The number of nitrogens with one attached hydrogen (secondary N) is 3. The number of urea groups is 1. The lowest BCUT2D eigenvalue weighted by atomic mass is 9.99. The molecular formula is C29H29FN8O2. The van der Waals surface area contributed by atoms with Crippen LogP contribution >= 0.6 is 0 Å². The van der Waals surface area contributed by atoms with Gasteiger partial charge in [0.2, 0.25) is 5.95 Å². The van der Waals surface area contributed by atoms with E-state index in [-0.39, 0.29) is 17.2 Å². The molecule has 0 saturated heterocycles. The zero-order valence-corrected chi connectivity index (χ0v) is 22.8. The number of benzene rings is 2. The quantitative estimate of drug-likeness (QED) is 0.264. The summed E-state index contributed by atoms with van der Waals surface area (Å²) in [6, 6.07) is 15.0. The molecule has 5 rings (SSSR count). The molecule has 2 amide bonds. The molecule has 3 aromatic heterocycles. The minimum Gasteiger partial charge on any atom is -0.357 e. The molecule has 0 bridgehead atoms. The second-order valence-corrected chi connectivity index (χ2v) is 9.73. The Labute approximate surface area is 229 Å². The molecule has 0 aliphatic rings. The standard InChI is InChI=1S/C29H29FN8O2/c1-16(2)23-14-25(38(36-23)19-9-7-6-8-10-19)34-29(40)33-24-13-20(17(3)11-22(24)30)21-12-18-15-32-28(31-4)35-26(18)37(5)27(21)39/h6-16H,1-5H3,(H,31,32,35)(H2,33,34,40). The van der Waals surface area contributed by atoms with E-state index in [2.05, 4.69) is 31.0 Å². The number of para-hydroxylation sites is 1. The molecule has 3 N–H and O–H groups in total. The van der Waals surface area contributed by atoms with Crippen LogP contribution in [-0.2, 0) is 7.05 Å². The largest absolute Gasteiger partial charge is 0.357 e. The molecule has 5 aromatic rings. The maximum absolute atomic E-state index is 15.0.